The Morgan fingerprint density at radius 2 is 1.49 bits per heavy atom. The van der Waals surface area contributed by atoms with E-state index in [1.165, 1.54) is 40.4 Å². The summed E-state index contributed by atoms with van der Waals surface area (Å²) in [6, 6.07) is 32.2. The second kappa shape index (κ2) is 10.5. The van der Waals surface area contributed by atoms with Crippen LogP contribution in [-0.4, -0.2) is 33.3 Å². The second-order valence-electron chi connectivity index (χ2n) is 8.74. The van der Waals surface area contributed by atoms with Gasteiger partial charge in [-0.15, -0.1) is 0 Å². The fourth-order valence-corrected chi connectivity index (χ4v) is 6.10. The van der Waals surface area contributed by atoms with Gasteiger partial charge in [-0.2, -0.15) is 0 Å². The molecule has 4 aromatic rings. The second-order valence-corrected chi connectivity index (χ2v) is 10.1. The average Bonchev–Trinajstić information content (AvgIpc) is 3.41. The molecule has 0 spiro atoms. The third-order valence-electron chi connectivity index (χ3n) is 6.58. The maximum atomic E-state index is 12.1. The third kappa shape index (κ3) is 4.75. The first-order chi connectivity index (χ1) is 17.2. The van der Waals surface area contributed by atoms with E-state index in [0.29, 0.717) is 12.3 Å². The molecule has 0 radical (unpaired) electrons. The predicted octanol–water partition coefficient (Wildman–Crippen LogP) is 6.40. The van der Waals surface area contributed by atoms with Crippen molar-refractivity contribution in [2.45, 2.75) is 24.1 Å². The highest BCUT2D eigenvalue weighted by Crippen LogP contribution is 2.45. The molecule has 5 heteroatoms. The van der Waals surface area contributed by atoms with E-state index in [9.17, 15) is 4.79 Å². The Labute approximate surface area is 210 Å². The molecule has 2 heterocycles. The first-order valence-electron chi connectivity index (χ1n) is 11.9. The Bertz CT molecular complexity index is 1180. The number of aromatic nitrogens is 1. The van der Waals surface area contributed by atoms with Gasteiger partial charge in [-0.05, 0) is 34.8 Å². The first-order valence-corrected chi connectivity index (χ1v) is 12.7. The minimum atomic E-state index is -0.490. The summed E-state index contributed by atoms with van der Waals surface area (Å²) in [4.78, 5) is 18.7. The Hall–Kier alpha value is -3.41. The number of rotatable bonds is 6. The topological polar surface area (TPSA) is 46.3 Å². The summed E-state index contributed by atoms with van der Waals surface area (Å²) in [6.45, 7) is 3.19. The molecule has 1 aliphatic rings. The fourth-order valence-electron chi connectivity index (χ4n) is 5.18. The minimum absolute atomic E-state index is 0.105. The van der Waals surface area contributed by atoms with E-state index in [2.05, 4.69) is 107 Å². The van der Waals surface area contributed by atoms with Crippen LogP contribution in [0.5, 0.6) is 0 Å². The van der Waals surface area contributed by atoms with Crippen LogP contribution in [0.3, 0.4) is 0 Å². The lowest BCUT2D eigenvalue weighted by molar-refractivity contribution is -0.109. The van der Waals surface area contributed by atoms with E-state index >= 15 is 0 Å². The standard InChI is InChI=1S/C30H28N2O2S/c1-23(33)35-29-17-18-32(21-24(29)19-28-20-31-22-34-28)30(25-11-5-2-6-12-25,26-13-7-3-8-14-26)27-15-9-4-10-16-27/h2-16,19-20,22,29H,17-18,21H2,1H3. The minimum Gasteiger partial charge on any atom is -0.444 e. The van der Waals surface area contributed by atoms with Gasteiger partial charge in [0.1, 0.15) is 5.76 Å². The number of hydrogen-bond acceptors (Lipinski definition) is 5. The number of likely N-dealkylation sites (tertiary alicyclic amines) is 1. The average molecular weight is 481 g/mol. The summed E-state index contributed by atoms with van der Waals surface area (Å²) in [6.07, 6.45) is 6.09. The Morgan fingerprint density at radius 1 is 0.943 bits per heavy atom. The van der Waals surface area contributed by atoms with Crippen molar-refractivity contribution < 1.29 is 9.21 Å². The van der Waals surface area contributed by atoms with Gasteiger partial charge in [0.05, 0.1) is 11.7 Å². The maximum Gasteiger partial charge on any atom is 0.186 e. The van der Waals surface area contributed by atoms with Crippen molar-refractivity contribution in [3.8, 4) is 0 Å². The largest absolute Gasteiger partial charge is 0.444 e. The molecule has 1 saturated heterocycles. The number of carbonyl (C=O) groups excluding carboxylic acids is 1. The Balaban J connectivity index is 1.69. The molecule has 176 valence electrons. The first kappa shape index (κ1) is 23.3. The van der Waals surface area contributed by atoms with E-state index in [0.717, 1.165) is 13.0 Å². The lowest BCUT2D eigenvalue weighted by atomic mass is 9.74. The SMILES string of the molecule is CC(=O)SC1CCN(C(c2ccccc2)(c2ccccc2)c2ccccc2)CC1=Cc1cnco1. The number of thioether (sulfide) groups is 1. The van der Waals surface area contributed by atoms with Gasteiger partial charge in [0.25, 0.3) is 0 Å². The van der Waals surface area contributed by atoms with Crippen molar-refractivity contribution in [1.29, 1.82) is 0 Å². The van der Waals surface area contributed by atoms with Gasteiger partial charge >= 0.3 is 0 Å². The van der Waals surface area contributed by atoms with Gasteiger partial charge in [0, 0.05) is 25.3 Å². The molecule has 5 rings (SSSR count). The van der Waals surface area contributed by atoms with Crippen molar-refractivity contribution in [1.82, 2.24) is 9.88 Å². The number of nitrogens with zero attached hydrogens (tertiary/aromatic N) is 2. The van der Waals surface area contributed by atoms with Crippen LogP contribution < -0.4 is 0 Å². The van der Waals surface area contributed by atoms with E-state index in [1.807, 2.05) is 0 Å². The molecule has 3 aromatic carbocycles. The zero-order valence-corrected chi connectivity index (χ0v) is 20.5. The van der Waals surface area contributed by atoms with Crippen LogP contribution in [0, 0.1) is 0 Å². The molecule has 0 saturated carbocycles. The van der Waals surface area contributed by atoms with Crippen molar-refractivity contribution >= 4 is 23.0 Å². The summed E-state index contributed by atoms with van der Waals surface area (Å²) in [7, 11) is 0. The molecule has 0 bridgehead atoms. The van der Waals surface area contributed by atoms with Crippen LogP contribution >= 0.6 is 11.8 Å². The summed E-state index contributed by atoms with van der Waals surface area (Å²) in [5, 5.41) is 0.237. The quantitative estimate of drug-likeness (QED) is 0.299. The predicted molar refractivity (Wildman–Crippen MR) is 142 cm³/mol. The molecule has 0 amide bonds. The summed E-state index contributed by atoms with van der Waals surface area (Å²) < 4.78 is 5.56. The van der Waals surface area contributed by atoms with Gasteiger partial charge in [0.2, 0.25) is 0 Å². The van der Waals surface area contributed by atoms with Crippen LogP contribution in [0.25, 0.3) is 6.08 Å². The zero-order chi connectivity index (χ0) is 24.1. The van der Waals surface area contributed by atoms with Gasteiger partial charge in [0.15, 0.2) is 11.5 Å². The third-order valence-corrected chi connectivity index (χ3v) is 7.74. The molecular weight excluding hydrogens is 452 g/mol. The van der Waals surface area contributed by atoms with Crippen LogP contribution in [0.2, 0.25) is 0 Å². The molecule has 4 nitrogen and oxygen atoms in total. The molecule has 1 aliphatic heterocycles. The number of carbonyl (C=O) groups is 1. The molecule has 1 fully saturated rings. The molecule has 0 aliphatic carbocycles. The zero-order valence-electron chi connectivity index (χ0n) is 19.7. The lowest BCUT2D eigenvalue weighted by Crippen LogP contribution is -2.52. The number of oxazole rings is 1. The van der Waals surface area contributed by atoms with Gasteiger partial charge < -0.3 is 4.42 Å². The highest BCUT2D eigenvalue weighted by Gasteiger charge is 2.44. The Kier molecular flexibility index (Phi) is 6.98. The monoisotopic (exact) mass is 480 g/mol. The normalized spacial score (nSPS) is 18.0. The molecule has 35 heavy (non-hydrogen) atoms. The van der Waals surface area contributed by atoms with Crippen molar-refractivity contribution in [2.24, 2.45) is 0 Å². The van der Waals surface area contributed by atoms with Crippen LogP contribution in [-0.2, 0) is 10.3 Å². The van der Waals surface area contributed by atoms with E-state index in [1.54, 1.807) is 13.1 Å². The van der Waals surface area contributed by atoms with Gasteiger partial charge in [-0.25, -0.2) is 4.98 Å². The van der Waals surface area contributed by atoms with E-state index in [4.69, 9.17) is 4.42 Å². The van der Waals surface area contributed by atoms with Crippen molar-refractivity contribution in [3.63, 3.8) is 0 Å². The number of piperidine rings is 1. The highest BCUT2D eigenvalue weighted by atomic mass is 32.2. The fraction of sp³-hybridized carbons (Fsp3) is 0.200. The number of benzene rings is 3. The van der Waals surface area contributed by atoms with Crippen molar-refractivity contribution in [2.75, 3.05) is 13.1 Å². The molecule has 1 atom stereocenters. The highest BCUT2D eigenvalue weighted by molar-refractivity contribution is 8.14. The molecular formula is C30H28N2O2S. The number of hydrogen-bond donors (Lipinski definition) is 0. The smallest absolute Gasteiger partial charge is 0.186 e. The summed E-state index contributed by atoms with van der Waals surface area (Å²) in [5.74, 6) is 0.709. The van der Waals surface area contributed by atoms with Crippen molar-refractivity contribution in [3.05, 3.63) is 132 Å². The molecule has 0 N–H and O–H groups in total. The lowest BCUT2D eigenvalue weighted by Gasteiger charge is -2.49. The summed E-state index contributed by atoms with van der Waals surface area (Å²) >= 11 is 1.41. The van der Waals surface area contributed by atoms with Gasteiger partial charge in [-0.1, -0.05) is 103 Å². The molecule has 1 unspecified atom stereocenters. The van der Waals surface area contributed by atoms with E-state index in [-0.39, 0.29) is 10.4 Å². The van der Waals surface area contributed by atoms with E-state index < -0.39 is 5.54 Å². The molecule has 1 aromatic heterocycles. The maximum absolute atomic E-state index is 12.1. The van der Waals surface area contributed by atoms with Crippen LogP contribution in [0.1, 0.15) is 35.8 Å². The Morgan fingerprint density at radius 3 is 1.94 bits per heavy atom. The van der Waals surface area contributed by atoms with Crippen LogP contribution in [0.4, 0.5) is 0 Å². The van der Waals surface area contributed by atoms with Crippen LogP contribution in [0.15, 0.2) is 114 Å². The van der Waals surface area contributed by atoms with Gasteiger partial charge in [-0.3, -0.25) is 9.69 Å². The summed E-state index contributed by atoms with van der Waals surface area (Å²) in [5.41, 5.74) is 4.33.